The Bertz CT molecular complexity index is 1050. The lowest BCUT2D eigenvalue weighted by atomic mass is 10.1. The second kappa shape index (κ2) is 7.89. The number of rotatable bonds is 6. The van der Waals surface area contributed by atoms with E-state index in [2.05, 4.69) is 10.0 Å². The molecule has 0 aliphatic carbocycles. The molecule has 2 N–H and O–H groups in total. The standard InChI is InChI=1S/C19H17FN2O3S2/c1-13-11-14(4-9-17(13)20)12-21-19(23)15-5-7-16(8-6-15)22-27(24,25)18-3-2-10-26-18/h2-11,22H,12H2,1H3,(H,21,23). The fourth-order valence-electron chi connectivity index (χ4n) is 2.41. The van der Waals surface area contributed by atoms with Crippen molar-refractivity contribution in [3.63, 3.8) is 0 Å². The Kier molecular flexibility index (Phi) is 5.57. The molecule has 0 saturated heterocycles. The Morgan fingerprint density at radius 2 is 1.85 bits per heavy atom. The lowest BCUT2D eigenvalue weighted by Crippen LogP contribution is -2.22. The van der Waals surface area contributed by atoms with E-state index in [4.69, 9.17) is 0 Å². The number of sulfonamides is 1. The summed E-state index contributed by atoms with van der Waals surface area (Å²) in [5, 5.41) is 4.44. The lowest BCUT2D eigenvalue weighted by molar-refractivity contribution is 0.0951. The first-order valence-corrected chi connectivity index (χ1v) is 10.4. The third kappa shape index (κ3) is 4.72. The van der Waals surface area contributed by atoms with Crippen molar-refractivity contribution in [3.8, 4) is 0 Å². The monoisotopic (exact) mass is 404 g/mol. The molecule has 2 aromatic carbocycles. The summed E-state index contributed by atoms with van der Waals surface area (Å²) >= 11 is 1.13. The molecular weight excluding hydrogens is 387 g/mol. The molecule has 0 aliphatic rings. The van der Waals surface area contributed by atoms with Crippen LogP contribution in [0.3, 0.4) is 0 Å². The van der Waals surface area contributed by atoms with Gasteiger partial charge in [0.05, 0.1) is 0 Å². The third-order valence-electron chi connectivity index (χ3n) is 3.83. The van der Waals surface area contributed by atoms with Gasteiger partial charge in [-0.1, -0.05) is 18.2 Å². The van der Waals surface area contributed by atoms with Crippen molar-refractivity contribution in [1.29, 1.82) is 0 Å². The zero-order valence-electron chi connectivity index (χ0n) is 14.4. The molecule has 0 spiro atoms. The van der Waals surface area contributed by atoms with Crippen molar-refractivity contribution >= 4 is 33.0 Å². The van der Waals surface area contributed by atoms with Crippen LogP contribution in [-0.4, -0.2) is 14.3 Å². The van der Waals surface area contributed by atoms with E-state index in [0.717, 1.165) is 16.9 Å². The Labute approximate surface area is 160 Å². The molecule has 140 valence electrons. The number of halogens is 1. The van der Waals surface area contributed by atoms with Gasteiger partial charge in [0.1, 0.15) is 10.0 Å². The van der Waals surface area contributed by atoms with Crippen molar-refractivity contribution in [3.05, 3.63) is 82.5 Å². The highest BCUT2D eigenvalue weighted by Gasteiger charge is 2.15. The molecule has 3 aromatic rings. The number of nitrogens with one attached hydrogen (secondary N) is 2. The molecule has 0 aliphatic heterocycles. The van der Waals surface area contributed by atoms with Crippen LogP contribution in [-0.2, 0) is 16.6 Å². The van der Waals surface area contributed by atoms with E-state index >= 15 is 0 Å². The molecule has 5 nitrogen and oxygen atoms in total. The maximum absolute atomic E-state index is 13.3. The number of carbonyl (C=O) groups excluding carboxylic acids is 1. The third-order valence-corrected chi connectivity index (χ3v) is 6.61. The molecule has 1 heterocycles. The predicted molar refractivity (Wildman–Crippen MR) is 104 cm³/mol. The van der Waals surface area contributed by atoms with Crippen molar-refractivity contribution in [2.24, 2.45) is 0 Å². The number of amides is 1. The molecule has 3 rings (SSSR count). The fourth-order valence-corrected chi connectivity index (χ4v) is 4.46. The number of thiophene rings is 1. The minimum Gasteiger partial charge on any atom is -0.348 e. The summed E-state index contributed by atoms with van der Waals surface area (Å²) in [6, 6.07) is 14.0. The number of anilines is 1. The van der Waals surface area contributed by atoms with Crippen LogP contribution in [0.2, 0.25) is 0 Å². The topological polar surface area (TPSA) is 75.3 Å². The summed E-state index contributed by atoms with van der Waals surface area (Å²) in [7, 11) is -3.62. The minimum absolute atomic E-state index is 0.221. The molecule has 0 bridgehead atoms. The van der Waals surface area contributed by atoms with Crippen LogP contribution >= 0.6 is 11.3 Å². The normalized spacial score (nSPS) is 11.2. The van der Waals surface area contributed by atoms with Crippen LogP contribution in [0.25, 0.3) is 0 Å². The first-order chi connectivity index (χ1) is 12.8. The Morgan fingerprint density at radius 3 is 2.48 bits per heavy atom. The number of hydrogen-bond donors (Lipinski definition) is 2. The van der Waals surface area contributed by atoms with Crippen molar-refractivity contribution in [1.82, 2.24) is 5.32 Å². The van der Waals surface area contributed by atoms with Gasteiger partial charge in [0.2, 0.25) is 0 Å². The fraction of sp³-hybridized carbons (Fsp3) is 0.105. The number of hydrogen-bond acceptors (Lipinski definition) is 4. The molecule has 27 heavy (non-hydrogen) atoms. The summed E-state index contributed by atoms with van der Waals surface area (Å²) < 4.78 is 40.3. The van der Waals surface area contributed by atoms with Gasteiger partial charge in [0.15, 0.2) is 0 Å². The zero-order valence-corrected chi connectivity index (χ0v) is 16.0. The zero-order chi connectivity index (χ0) is 19.4. The van der Waals surface area contributed by atoms with E-state index < -0.39 is 10.0 Å². The lowest BCUT2D eigenvalue weighted by Gasteiger charge is -2.09. The largest absolute Gasteiger partial charge is 0.348 e. The molecule has 0 radical (unpaired) electrons. The second-order valence-corrected chi connectivity index (χ2v) is 8.74. The van der Waals surface area contributed by atoms with Gasteiger partial charge in [-0.05, 0) is 59.8 Å². The quantitative estimate of drug-likeness (QED) is 0.654. The number of carbonyl (C=O) groups is 1. The van der Waals surface area contributed by atoms with Crippen LogP contribution in [0, 0.1) is 12.7 Å². The Morgan fingerprint density at radius 1 is 1.11 bits per heavy atom. The van der Waals surface area contributed by atoms with Crippen molar-refractivity contribution in [2.75, 3.05) is 4.72 Å². The highest BCUT2D eigenvalue weighted by Crippen LogP contribution is 2.20. The molecule has 8 heteroatoms. The minimum atomic E-state index is -3.62. The Hall–Kier alpha value is -2.71. The summed E-state index contributed by atoms with van der Waals surface area (Å²) in [5.74, 6) is -0.588. The summed E-state index contributed by atoms with van der Waals surface area (Å²) in [5.41, 5.74) is 2.08. The number of aryl methyl sites for hydroxylation is 1. The molecule has 1 aromatic heterocycles. The second-order valence-electron chi connectivity index (χ2n) is 5.88. The van der Waals surface area contributed by atoms with Crippen LogP contribution in [0.4, 0.5) is 10.1 Å². The average molecular weight is 404 g/mol. The first kappa shape index (κ1) is 19.1. The van der Waals surface area contributed by atoms with E-state index in [9.17, 15) is 17.6 Å². The van der Waals surface area contributed by atoms with E-state index in [1.165, 1.54) is 36.4 Å². The predicted octanol–water partition coefficient (Wildman–Crippen LogP) is 3.93. The smallest absolute Gasteiger partial charge is 0.271 e. The van der Waals surface area contributed by atoms with E-state index in [1.54, 1.807) is 30.5 Å². The number of benzene rings is 2. The van der Waals surface area contributed by atoms with E-state index in [-0.39, 0.29) is 22.5 Å². The van der Waals surface area contributed by atoms with Crippen LogP contribution < -0.4 is 10.0 Å². The van der Waals surface area contributed by atoms with Gasteiger partial charge < -0.3 is 5.32 Å². The Balaban J connectivity index is 1.62. The van der Waals surface area contributed by atoms with Gasteiger partial charge >= 0.3 is 0 Å². The molecular formula is C19H17FN2O3S2. The van der Waals surface area contributed by atoms with Gasteiger partial charge in [-0.25, -0.2) is 12.8 Å². The van der Waals surface area contributed by atoms with Gasteiger partial charge in [-0.15, -0.1) is 11.3 Å². The summed E-state index contributed by atoms with van der Waals surface area (Å²) in [6.45, 7) is 1.93. The molecule has 1 amide bonds. The van der Waals surface area contributed by atoms with Crippen LogP contribution in [0.15, 0.2) is 64.2 Å². The van der Waals surface area contributed by atoms with E-state index in [1.807, 2.05) is 0 Å². The maximum atomic E-state index is 13.3. The van der Waals surface area contributed by atoms with Gasteiger partial charge in [0, 0.05) is 17.8 Å². The molecule has 0 unspecified atom stereocenters. The highest BCUT2D eigenvalue weighted by molar-refractivity contribution is 7.94. The van der Waals surface area contributed by atoms with Gasteiger partial charge in [0.25, 0.3) is 15.9 Å². The summed E-state index contributed by atoms with van der Waals surface area (Å²) in [6.07, 6.45) is 0. The van der Waals surface area contributed by atoms with E-state index in [0.29, 0.717) is 16.8 Å². The molecule has 0 saturated carbocycles. The van der Waals surface area contributed by atoms with Crippen molar-refractivity contribution in [2.45, 2.75) is 17.7 Å². The maximum Gasteiger partial charge on any atom is 0.271 e. The molecule has 0 atom stereocenters. The average Bonchev–Trinajstić information content (AvgIpc) is 3.18. The molecule has 0 fully saturated rings. The van der Waals surface area contributed by atoms with Crippen molar-refractivity contribution < 1.29 is 17.6 Å². The highest BCUT2D eigenvalue weighted by atomic mass is 32.2. The van der Waals surface area contributed by atoms with Crippen LogP contribution in [0.1, 0.15) is 21.5 Å². The first-order valence-electron chi connectivity index (χ1n) is 8.05. The SMILES string of the molecule is Cc1cc(CNC(=O)c2ccc(NS(=O)(=O)c3cccs3)cc2)ccc1F. The van der Waals surface area contributed by atoms with Crippen LogP contribution in [0.5, 0.6) is 0 Å². The summed E-state index contributed by atoms with van der Waals surface area (Å²) in [4.78, 5) is 12.2. The van der Waals surface area contributed by atoms with Gasteiger partial charge in [-0.2, -0.15) is 0 Å². The van der Waals surface area contributed by atoms with Gasteiger partial charge in [-0.3, -0.25) is 9.52 Å².